The van der Waals surface area contributed by atoms with E-state index < -0.39 is 121 Å². The molecule has 18 heteroatoms. The summed E-state index contributed by atoms with van der Waals surface area (Å²) in [5.74, 6) is -3.43. The van der Waals surface area contributed by atoms with Crippen molar-refractivity contribution in [3.05, 3.63) is 54.1 Å². The molecule has 3 aliphatic rings. The van der Waals surface area contributed by atoms with Crippen molar-refractivity contribution in [1.82, 2.24) is 9.80 Å². The van der Waals surface area contributed by atoms with Crippen LogP contribution in [0.3, 0.4) is 0 Å². The van der Waals surface area contributed by atoms with Crippen LogP contribution in [0, 0.1) is 11.8 Å². The number of carbonyl (C=O) groups is 5. The zero-order chi connectivity index (χ0) is 53.6. The Morgan fingerprint density at radius 2 is 1.62 bits per heavy atom. The number of methoxy groups -OCH3 is 1. The lowest BCUT2D eigenvalue weighted by atomic mass is 9.82. The van der Waals surface area contributed by atoms with Gasteiger partial charge < -0.3 is 67.4 Å². The van der Waals surface area contributed by atoms with Gasteiger partial charge in [0.1, 0.15) is 36.8 Å². The molecule has 3 aliphatic heterocycles. The first kappa shape index (κ1) is 59.5. The van der Waals surface area contributed by atoms with E-state index >= 15 is 0 Å². The highest BCUT2D eigenvalue weighted by molar-refractivity contribution is 5.84. The van der Waals surface area contributed by atoms with E-state index in [0.717, 1.165) is 22.6 Å². The number of aliphatic hydroxyl groups excluding tert-OH is 2. The third kappa shape index (κ3) is 16.6. The van der Waals surface area contributed by atoms with Crippen molar-refractivity contribution in [2.45, 2.75) is 192 Å². The van der Waals surface area contributed by atoms with Crippen LogP contribution in [0.5, 0.6) is 0 Å². The number of likely N-dealkylation sites (N-methyl/N-ethyl adjacent to an activating group) is 2. The minimum atomic E-state index is -1.44. The van der Waals surface area contributed by atoms with Gasteiger partial charge in [0, 0.05) is 52.7 Å². The molecule has 16 atom stereocenters. The van der Waals surface area contributed by atoms with E-state index in [1.165, 1.54) is 14.0 Å². The number of ether oxygens (including phenoxy) is 9. The quantitative estimate of drug-likeness (QED) is 0.116. The van der Waals surface area contributed by atoms with Crippen LogP contribution in [-0.2, 0) is 66.6 Å². The Labute approximate surface area is 431 Å². The predicted octanol–water partition coefficient (Wildman–Crippen LogP) is 5.78. The molecule has 5 unspecified atom stereocenters. The van der Waals surface area contributed by atoms with Crippen LogP contribution in [0.2, 0.25) is 0 Å². The van der Waals surface area contributed by atoms with Crippen LogP contribution in [0.25, 0.3) is 16.8 Å². The van der Waals surface area contributed by atoms with E-state index in [1.54, 1.807) is 53.6 Å². The SMILES string of the molecule is CCC(=O)O[C@@H]1CC(=O)O[C@@H](C/C=C/c2ccc3ccccc3c2)CCCN(C)C[C@H](O)[C@H](C)C[C@H](CC=O)[C@H](O[C@@H]2OC(C)[C@H](O[C@H]3CC(C)(OC(C)=O)[C@@H](OC(=O)CC)C(C)O3)C(N(C)C)C2O)[C@H]1OC. The van der Waals surface area contributed by atoms with E-state index in [-0.39, 0.29) is 38.0 Å². The average molecular weight is 1030 g/mol. The third-order valence-electron chi connectivity index (χ3n) is 14.3. The molecule has 3 fully saturated rings. The second kappa shape index (κ2) is 28.0. The Morgan fingerprint density at radius 3 is 2.27 bits per heavy atom. The molecule has 0 spiro atoms. The van der Waals surface area contributed by atoms with Crippen molar-refractivity contribution < 1.29 is 76.8 Å². The predicted molar refractivity (Wildman–Crippen MR) is 271 cm³/mol. The molecule has 0 bridgehead atoms. The number of fused-ring (bicyclic) bond motifs is 1. The molecule has 0 amide bonds. The fourth-order valence-corrected chi connectivity index (χ4v) is 10.5. The maximum Gasteiger partial charge on any atom is 0.309 e. The number of hydrogen-bond acceptors (Lipinski definition) is 18. The smallest absolute Gasteiger partial charge is 0.309 e. The summed E-state index contributed by atoms with van der Waals surface area (Å²) in [7, 11) is 6.82. The number of rotatable bonds is 16. The highest BCUT2D eigenvalue weighted by Crippen LogP contribution is 2.39. The van der Waals surface area contributed by atoms with Gasteiger partial charge in [-0.15, -0.1) is 0 Å². The van der Waals surface area contributed by atoms with Crippen molar-refractivity contribution in [2.24, 2.45) is 11.8 Å². The lowest BCUT2D eigenvalue weighted by molar-refractivity contribution is -0.344. The van der Waals surface area contributed by atoms with Gasteiger partial charge in [-0.1, -0.05) is 69.3 Å². The molecule has 408 valence electrons. The molecule has 3 heterocycles. The highest BCUT2D eigenvalue weighted by Gasteiger charge is 2.54. The molecule has 2 aromatic carbocycles. The molecule has 18 nitrogen and oxygen atoms in total. The van der Waals surface area contributed by atoms with E-state index in [2.05, 4.69) is 24.3 Å². The summed E-state index contributed by atoms with van der Waals surface area (Å²) in [6.45, 7) is 12.5. The first-order chi connectivity index (χ1) is 34.7. The Hall–Kier alpha value is -4.37. The van der Waals surface area contributed by atoms with Crippen molar-refractivity contribution in [3.63, 3.8) is 0 Å². The summed E-state index contributed by atoms with van der Waals surface area (Å²) in [6, 6.07) is 13.5. The molecule has 2 N–H and O–H groups in total. The van der Waals surface area contributed by atoms with Crippen molar-refractivity contribution in [3.8, 4) is 0 Å². The van der Waals surface area contributed by atoms with Crippen LogP contribution >= 0.6 is 0 Å². The van der Waals surface area contributed by atoms with Gasteiger partial charge >= 0.3 is 23.9 Å². The van der Waals surface area contributed by atoms with Gasteiger partial charge in [-0.2, -0.15) is 0 Å². The molecule has 0 saturated carbocycles. The molecular formula is C55H82N2O16. The molecule has 0 aliphatic carbocycles. The largest absolute Gasteiger partial charge is 0.462 e. The minimum absolute atomic E-state index is 0.0217. The number of aldehydes is 1. The summed E-state index contributed by atoms with van der Waals surface area (Å²) in [5.41, 5.74) is -0.334. The van der Waals surface area contributed by atoms with Gasteiger partial charge in [-0.3, -0.25) is 19.2 Å². The Bertz CT molecular complexity index is 2140. The lowest BCUT2D eigenvalue weighted by Gasteiger charge is -2.50. The molecule has 0 aromatic heterocycles. The van der Waals surface area contributed by atoms with Gasteiger partial charge in [0.25, 0.3) is 0 Å². The van der Waals surface area contributed by atoms with Gasteiger partial charge in [-0.25, -0.2) is 0 Å². The van der Waals surface area contributed by atoms with Gasteiger partial charge in [-0.05, 0) is 102 Å². The van der Waals surface area contributed by atoms with Gasteiger partial charge in [0.2, 0.25) is 0 Å². The maximum atomic E-state index is 14.2. The van der Waals surface area contributed by atoms with Crippen molar-refractivity contribution >= 4 is 47.0 Å². The molecular weight excluding hydrogens is 945 g/mol. The van der Waals surface area contributed by atoms with Crippen LogP contribution in [0.4, 0.5) is 0 Å². The number of hydrogen-bond donors (Lipinski definition) is 2. The highest BCUT2D eigenvalue weighted by atomic mass is 16.7. The third-order valence-corrected chi connectivity index (χ3v) is 14.3. The van der Waals surface area contributed by atoms with E-state index in [9.17, 15) is 34.2 Å². The van der Waals surface area contributed by atoms with Crippen molar-refractivity contribution in [2.75, 3.05) is 41.3 Å². The standard InChI is InChI=1S/C55H82N2O16/c1-12-44(61)69-43-30-46(63)68-41(21-16-18-37-23-24-38-19-14-15-20-39(38)29-37)22-17-26-57(10)32-42(60)33(3)28-40(25-27-58)51(52(43)65-11)72-54-49(64)48(56(8)9)50(34(4)67-54)71-47-31-55(7,73-36(6)59)53(35(5)66-47)70-45(62)13-2/h14-16,18-20,23-24,27,29,33-35,40-43,47-54,60,64H,12-13,17,21-22,25-26,28,30-32H2,1-11H3/b18-16+/t33-,34?,35?,40+,41+,42+,43-,47+,48?,49?,50+,51+,52+,53+,54+,55?/m1/s1. The number of cyclic esters (lactones) is 1. The summed E-state index contributed by atoms with van der Waals surface area (Å²) in [5, 5.41) is 26.3. The topological polar surface area (TPSA) is 215 Å². The number of nitrogens with zero attached hydrogens (tertiary/aromatic N) is 2. The number of benzene rings is 2. The lowest BCUT2D eigenvalue weighted by Crippen LogP contribution is -2.66. The zero-order valence-corrected chi connectivity index (χ0v) is 44.7. The minimum Gasteiger partial charge on any atom is -0.462 e. The number of aliphatic hydroxyl groups is 2. The summed E-state index contributed by atoms with van der Waals surface area (Å²) >= 11 is 0. The summed E-state index contributed by atoms with van der Waals surface area (Å²) < 4.78 is 56.2. The van der Waals surface area contributed by atoms with Gasteiger partial charge in [0.05, 0.1) is 36.9 Å². The summed E-state index contributed by atoms with van der Waals surface area (Å²) in [4.78, 5) is 68.7. The van der Waals surface area contributed by atoms with Crippen LogP contribution in [0.15, 0.2) is 48.5 Å². The fraction of sp³-hybridized carbons (Fsp3) is 0.691. The monoisotopic (exact) mass is 1030 g/mol. The molecule has 5 rings (SSSR count). The maximum absolute atomic E-state index is 14.2. The normalized spacial score (nSPS) is 34.5. The van der Waals surface area contributed by atoms with E-state index in [1.807, 2.05) is 49.2 Å². The fourth-order valence-electron chi connectivity index (χ4n) is 10.5. The zero-order valence-electron chi connectivity index (χ0n) is 44.7. The first-order valence-corrected chi connectivity index (χ1v) is 25.9. The Kier molecular flexibility index (Phi) is 22.8. The Balaban J connectivity index is 1.46. The molecule has 3 saturated heterocycles. The number of β-amino-alcohol motifs (C(OH)–C–C–N with tert-alkyl or cyclic N) is 1. The molecule has 0 radical (unpaired) electrons. The second-order valence-electron chi connectivity index (χ2n) is 20.5. The Morgan fingerprint density at radius 1 is 0.918 bits per heavy atom. The van der Waals surface area contributed by atoms with Gasteiger partial charge in [0.15, 0.2) is 24.3 Å². The van der Waals surface area contributed by atoms with Crippen LogP contribution in [0.1, 0.15) is 112 Å². The average Bonchev–Trinajstić information content (AvgIpc) is 3.32. The molecule has 73 heavy (non-hydrogen) atoms. The van der Waals surface area contributed by atoms with Crippen LogP contribution < -0.4 is 0 Å². The number of esters is 4. The summed E-state index contributed by atoms with van der Waals surface area (Å²) in [6.07, 6.45) is -6.21. The molecule has 2 aromatic rings. The van der Waals surface area contributed by atoms with E-state index in [0.29, 0.717) is 32.4 Å². The number of carbonyl (C=O) groups excluding carboxylic acids is 5. The van der Waals surface area contributed by atoms with E-state index in [4.69, 9.17) is 42.6 Å². The van der Waals surface area contributed by atoms with Crippen molar-refractivity contribution in [1.29, 1.82) is 0 Å². The van der Waals surface area contributed by atoms with Crippen LogP contribution in [-0.4, -0.2) is 177 Å². The first-order valence-electron chi connectivity index (χ1n) is 25.9. The second-order valence-corrected chi connectivity index (χ2v) is 20.5.